The van der Waals surface area contributed by atoms with Crippen LogP contribution in [-0.2, 0) is 22.4 Å². The lowest BCUT2D eigenvalue weighted by Gasteiger charge is -2.18. The summed E-state index contributed by atoms with van der Waals surface area (Å²) < 4.78 is 5.22. The number of carbonyl (C=O) groups excluding carboxylic acids is 3. The van der Waals surface area contributed by atoms with E-state index in [9.17, 15) is 14.4 Å². The summed E-state index contributed by atoms with van der Waals surface area (Å²) >= 11 is 1.44. The lowest BCUT2D eigenvalue weighted by atomic mass is 9.88. The molecule has 7 nitrogen and oxygen atoms in total. The molecule has 3 rings (SSSR count). The van der Waals surface area contributed by atoms with Crippen LogP contribution >= 0.6 is 11.3 Å². The molecule has 8 heteroatoms. The second kappa shape index (κ2) is 9.09. The predicted octanol–water partition coefficient (Wildman–Crippen LogP) is 3.20. The van der Waals surface area contributed by atoms with E-state index in [1.165, 1.54) is 11.3 Å². The van der Waals surface area contributed by atoms with Gasteiger partial charge in [0.2, 0.25) is 5.91 Å². The van der Waals surface area contributed by atoms with E-state index in [4.69, 9.17) is 10.5 Å². The van der Waals surface area contributed by atoms with E-state index in [0.717, 1.165) is 29.7 Å². The van der Waals surface area contributed by atoms with Crippen molar-refractivity contribution in [1.82, 2.24) is 0 Å². The van der Waals surface area contributed by atoms with E-state index in [1.807, 2.05) is 0 Å². The molecule has 0 bridgehead atoms. The van der Waals surface area contributed by atoms with Gasteiger partial charge in [0.25, 0.3) is 5.91 Å². The number of fused-ring (bicyclic) bond motifs is 1. The van der Waals surface area contributed by atoms with E-state index < -0.39 is 11.9 Å². The Balaban J connectivity index is 1.76. The Morgan fingerprint density at radius 2 is 2.03 bits per heavy atom. The Morgan fingerprint density at radius 3 is 2.76 bits per heavy atom. The third-order valence-corrected chi connectivity index (χ3v) is 6.05. The largest absolute Gasteiger partial charge is 0.462 e. The highest BCUT2D eigenvalue weighted by Crippen LogP contribution is 2.40. The van der Waals surface area contributed by atoms with Gasteiger partial charge in [-0.2, -0.15) is 0 Å². The molecule has 4 N–H and O–H groups in total. The van der Waals surface area contributed by atoms with Crippen molar-refractivity contribution >= 4 is 39.8 Å². The first-order valence-electron chi connectivity index (χ1n) is 9.64. The van der Waals surface area contributed by atoms with Gasteiger partial charge in [0, 0.05) is 10.6 Å². The van der Waals surface area contributed by atoms with E-state index in [1.54, 1.807) is 31.2 Å². The Morgan fingerprint density at radius 1 is 1.28 bits per heavy atom. The quantitative estimate of drug-likeness (QED) is 0.602. The highest BCUT2D eigenvalue weighted by molar-refractivity contribution is 7.17. The number of hydrogen-bond acceptors (Lipinski definition) is 6. The molecule has 0 saturated carbocycles. The van der Waals surface area contributed by atoms with Crippen LogP contribution in [0, 0.1) is 5.92 Å². The van der Waals surface area contributed by atoms with Crippen molar-refractivity contribution in [3.63, 3.8) is 0 Å². The molecule has 29 heavy (non-hydrogen) atoms. The van der Waals surface area contributed by atoms with Gasteiger partial charge in [-0.25, -0.2) is 4.79 Å². The molecule has 0 aliphatic heterocycles. The minimum Gasteiger partial charge on any atom is -0.462 e. The Bertz CT molecular complexity index is 938. The smallest absolute Gasteiger partial charge is 0.341 e. The average Bonchev–Trinajstić information content (AvgIpc) is 3.03. The van der Waals surface area contributed by atoms with E-state index >= 15 is 0 Å². The second-order valence-corrected chi connectivity index (χ2v) is 8.19. The van der Waals surface area contributed by atoms with Crippen molar-refractivity contribution in [2.45, 2.75) is 33.1 Å². The first kappa shape index (κ1) is 20.9. The molecule has 0 spiro atoms. The molecular formula is C21H25N3O4S. The number of hydrogen-bond donors (Lipinski definition) is 3. The fraction of sp³-hybridized carbons (Fsp3) is 0.381. The van der Waals surface area contributed by atoms with Gasteiger partial charge in [-0.05, 0) is 49.8 Å². The van der Waals surface area contributed by atoms with Gasteiger partial charge >= 0.3 is 5.97 Å². The number of anilines is 2. The highest BCUT2D eigenvalue weighted by atomic mass is 32.1. The van der Waals surface area contributed by atoms with Gasteiger partial charge in [-0.15, -0.1) is 11.3 Å². The van der Waals surface area contributed by atoms with Crippen LogP contribution < -0.4 is 16.4 Å². The molecule has 1 heterocycles. The molecular weight excluding hydrogens is 390 g/mol. The van der Waals surface area contributed by atoms with E-state index in [2.05, 4.69) is 17.6 Å². The molecule has 1 atom stereocenters. The van der Waals surface area contributed by atoms with Gasteiger partial charge in [0.1, 0.15) is 5.00 Å². The van der Waals surface area contributed by atoms with Crippen molar-refractivity contribution in [3.8, 4) is 0 Å². The predicted molar refractivity (Wildman–Crippen MR) is 114 cm³/mol. The number of nitrogens with one attached hydrogen (secondary N) is 2. The highest BCUT2D eigenvalue weighted by Gasteiger charge is 2.29. The van der Waals surface area contributed by atoms with Crippen molar-refractivity contribution < 1.29 is 19.1 Å². The number of para-hydroxylation sites is 1. The van der Waals surface area contributed by atoms with Crippen molar-refractivity contribution in [2.24, 2.45) is 11.7 Å². The normalized spacial score (nSPS) is 15.3. The lowest BCUT2D eigenvalue weighted by molar-refractivity contribution is -0.114. The summed E-state index contributed by atoms with van der Waals surface area (Å²) in [4.78, 5) is 37.7. The summed E-state index contributed by atoms with van der Waals surface area (Å²) in [5.41, 5.74) is 7.63. The van der Waals surface area contributed by atoms with Crippen LogP contribution in [0.2, 0.25) is 0 Å². The standard InChI is InChI=1S/C21H25N3O4S/c1-3-28-21(27)18-14-9-8-12(2)10-16(14)29-20(18)24-17(25)11-23-15-7-5-4-6-13(15)19(22)26/h4-7,12,23H,3,8-11H2,1-2H3,(H2,22,26)(H,24,25)/t12-/m0/s1. The summed E-state index contributed by atoms with van der Waals surface area (Å²) in [6.07, 6.45) is 2.71. The zero-order valence-corrected chi connectivity index (χ0v) is 17.4. The number of amides is 2. The van der Waals surface area contributed by atoms with Crippen LogP contribution in [0.1, 0.15) is 51.4 Å². The SMILES string of the molecule is CCOC(=O)c1c(NC(=O)CNc2ccccc2C(N)=O)sc2c1CC[C@H](C)C2. The number of rotatable bonds is 7. The summed E-state index contributed by atoms with van der Waals surface area (Å²) in [6, 6.07) is 6.73. The number of esters is 1. The van der Waals surface area contributed by atoms with Gasteiger partial charge in [0.15, 0.2) is 0 Å². The molecule has 0 unspecified atom stereocenters. The first-order chi connectivity index (χ1) is 13.9. The van der Waals surface area contributed by atoms with Crippen LogP contribution in [0.4, 0.5) is 10.7 Å². The fourth-order valence-corrected chi connectivity index (χ4v) is 4.87. The maximum absolute atomic E-state index is 12.5. The topological polar surface area (TPSA) is 111 Å². The number of benzene rings is 1. The maximum Gasteiger partial charge on any atom is 0.341 e. The molecule has 1 aliphatic rings. The number of thiophene rings is 1. The monoisotopic (exact) mass is 415 g/mol. The van der Waals surface area contributed by atoms with Crippen molar-refractivity contribution in [2.75, 3.05) is 23.8 Å². The number of carbonyl (C=O) groups is 3. The lowest BCUT2D eigenvalue weighted by Crippen LogP contribution is -2.24. The maximum atomic E-state index is 12.5. The first-order valence-corrected chi connectivity index (χ1v) is 10.5. The molecule has 2 amide bonds. The van der Waals surface area contributed by atoms with Crippen LogP contribution in [0.15, 0.2) is 24.3 Å². The van der Waals surface area contributed by atoms with Crippen LogP contribution in [-0.4, -0.2) is 30.9 Å². The molecule has 154 valence electrons. The number of nitrogens with two attached hydrogens (primary N) is 1. The van der Waals surface area contributed by atoms with E-state index in [0.29, 0.717) is 27.7 Å². The summed E-state index contributed by atoms with van der Waals surface area (Å²) in [7, 11) is 0. The minimum absolute atomic E-state index is 0.0640. The van der Waals surface area contributed by atoms with Crippen molar-refractivity contribution in [1.29, 1.82) is 0 Å². The average molecular weight is 416 g/mol. The second-order valence-electron chi connectivity index (χ2n) is 7.09. The third kappa shape index (κ3) is 4.76. The fourth-order valence-electron chi connectivity index (χ4n) is 3.46. The summed E-state index contributed by atoms with van der Waals surface area (Å²) in [5, 5.41) is 6.30. The number of ether oxygens (including phenoxy) is 1. The molecule has 0 fully saturated rings. The molecule has 1 aromatic carbocycles. The Labute approximate surface area is 173 Å². The number of primary amides is 1. The third-order valence-electron chi connectivity index (χ3n) is 4.88. The van der Waals surface area contributed by atoms with Crippen LogP contribution in [0.3, 0.4) is 0 Å². The Hall–Kier alpha value is -2.87. The summed E-state index contributed by atoms with van der Waals surface area (Å²) in [5.74, 6) is -0.742. The van der Waals surface area contributed by atoms with Crippen LogP contribution in [0.25, 0.3) is 0 Å². The molecule has 1 aliphatic carbocycles. The van der Waals surface area contributed by atoms with Gasteiger partial charge in [-0.1, -0.05) is 19.1 Å². The van der Waals surface area contributed by atoms with Gasteiger partial charge < -0.3 is 21.1 Å². The van der Waals surface area contributed by atoms with Gasteiger partial charge in [-0.3, -0.25) is 9.59 Å². The zero-order chi connectivity index (χ0) is 21.0. The summed E-state index contributed by atoms with van der Waals surface area (Å²) in [6.45, 7) is 4.16. The van der Waals surface area contributed by atoms with Gasteiger partial charge in [0.05, 0.1) is 24.3 Å². The minimum atomic E-state index is -0.571. The molecule has 0 saturated heterocycles. The Kier molecular flexibility index (Phi) is 6.53. The van der Waals surface area contributed by atoms with E-state index in [-0.39, 0.29) is 19.1 Å². The molecule has 2 aromatic rings. The molecule has 1 aromatic heterocycles. The van der Waals surface area contributed by atoms with Crippen molar-refractivity contribution in [3.05, 3.63) is 45.8 Å². The molecule has 0 radical (unpaired) electrons. The van der Waals surface area contributed by atoms with Crippen LogP contribution in [0.5, 0.6) is 0 Å². The zero-order valence-electron chi connectivity index (χ0n) is 16.5.